The Morgan fingerprint density at radius 2 is 1.46 bits per heavy atom. The summed E-state index contributed by atoms with van der Waals surface area (Å²) in [6.45, 7) is 2.08. The van der Waals surface area contributed by atoms with Crippen LogP contribution in [0.15, 0.2) is 42.5 Å². The maximum atomic E-state index is 13.2. The highest BCUT2D eigenvalue weighted by Gasteiger charge is 2.35. The molecule has 1 fully saturated rings. The van der Waals surface area contributed by atoms with Crippen LogP contribution in [0.25, 0.3) is 0 Å². The second-order valence-electron chi connectivity index (χ2n) is 6.55. The Balaban J connectivity index is 2.14. The Morgan fingerprint density at radius 1 is 0.857 bits per heavy atom. The van der Waals surface area contributed by atoms with Crippen molar-refractivity contribution in [2.24, 2.45) is 0 Å². The van der Waals surface area contributed by atoms with E-state index in [-0.39, 0.29) is 16.1 Å². The van der Waals surface area contributed by atoms with Gasteiger partial charge in [-0.15, -0.1) is 0 Å². The van der Waals surface area contributed by atoms with E-state index in [0.717, 1.165) is 30.3 Å². The molecular weight excluding hydrogens is 406 g/mol. The first kappa shape index (κ1) is 21.0. The highest BCUT2D eigenvalue weighted by atomic mass is 35.5. The molecule has 0 aliphatic carbocycles. The molecule has 1 heterocycles. The predicted molar refractivity (Wildman–Crippen MR) is 94.2 cm³/mol. The van der Waals surface area contributed by atoms with Crippen LogP contribution in [0.1, 0.15) is 28.3 Å². The summed E-state index contributed by atoms with van der Waals surface area (Å²) < 4.78 is 79.2. The fourth-order valence-corrected chi connectivity index (χ4v) is 3.56. The van der Waals surface area contributed by atoms with E-state index in [0.29, 0.717) is 26.2 Å². The van der Waals surface area contributed by atoms with Crippen LogP contribution in [-0.4, -0.2) is 31.1 Å². The molecule has 1 saturated heterocycles. The van der Waals surface area contributed by atoms with Crippen molar-refractivity contribution >= 4 is 11.6 Å². The number of halogens is 7. The summed E-state index contributed by atoms with van der Waals surface area (Å²) in [6, 6.07) is 6.77. The fraction of sp³-hybridized carbons (Fsp3) is 0.368. The monoisotopic (exact) mass is 422 g/mol. The number of hydrogen-bond acceptors (Lipinski definition) is 2. The lowest BCUT2D eigenvalue weighted by atomic mass is 9.93. The second-order valence-corrected chi connectivity index (χ2v) is 6.95. The molecule has 2 aromatic carbocycles. The van der Waals surface area contributed by atoms with Crippen molar-refractivity contribution in [2.75, 3.05) is 26.2 Å². The lowest BCUT2D eigenvalue weighted by Gasteiger charge is -2.36. The van der Waals surface area contributed by atoms with Crippen LogP contribution >= 0.6 is 11.6 Å². The van der Waals surface area contributed by atoms with Gasteiger partial charge in [0.15, 0.2) is 0 Å². The molecule has 1 N–H and O–H groups in total. The summed E-state index contributed by atoms with van der Waals surface area (Å²) in [5.74, 6) is 0. The molecule has 0 saturated carbocycles. The van der Waals surface area contributed by atoms with Crippen molar-refractivity contribution < 1.29 is 26.3 Å². The SMILES string of the molecule is FC(F)(F)c1cccc(C(c2cc(C(F)(F)F)ccc2Cl)N2CCNCC2)c1. The molecular formula is C19H17ClF6N2. The maximum absolute atomic E-state index is 13.2. The molecule has 0 radical (unpaired) electrons. The molecule has 9 heteroatoms. The van der Waals surface area contributed by atoms with Crippen molar-refractivity contribution in [1.82, 2.24) is 10.2 Å². The van der Waals surface area contributed by atoms with E-state index in [1.165, 1.54) is 12.1 Å². The number of rotatable bonds is 3. The Morgan fingerprint density at radius 3 is 2.07 bits per heavy atom. The number of benzene rings is 2. The van der Waals surface area contributed by atoms with Gasteiger partial charge in [-0.25, -0.2) is 0 Å². The average Bonchev–Trinajstić information content (AvgIpc) is 2.63. The van der Waals surface area contributed by atoms with Gasteiger partial charge in [-0.05, 0) is 41.5 Å². The van der Waals surface area contributed by atoms with Crippen molar-refractivity contribution in [3.05, 3.63) is 69.7 Å². The van der Waals surface area contributed by atoms with Gasteiger partial charge < -0.3 is 5.32 Å². The first-order valence-electron chi connectivity index (χ1n) is 8.56. The molecule has 1 aliphatic heterocycles. The molecule has 2 nitrogen and oxygen atoms in total. The summed E-state index contributed by atoms with van der Waals surface area (Å²) in [6.07, 6.45) is -9.14. The Hall–Kier alpha value is -1.77. The standard InChI is InChI=1S/C19H17ClF6N2/c20-16-5-4-14(19(24,25)26)11-15(16)17(28-8-6-27-7-9-28)12-2-1-3-13(10-12)18(21,22)23/h1-5,10-11,17,27H,6-9H2. The van der Waals surface area contributed by atoms with Crippen LogP contribution in [0.2, 0.25) is 5.02 Å². The summed E-state index contributed by atoms with van der Waals surface area (Å²) in [5, 5.41) is 3.20. The average molecular weight is 423 g/mol. The Bertz CT molecular complexity index is 828. The van der Waals surface area contributed by atoms with Gasteiger partial charge in [-0.1, -0.05) is 23.7 Å². The molecule has 1 unspecified atom stereocenters. The number of nitrogens with one attached hydrogen (secondary N) is 1. The fourth-order valence-electron chi connectivity index (χ4n) is 3.34. The van der Waals surface area contributed by atoms with Crippen molar-refractivity contribution in [2.45, 2.75) is 18.4 Å². The van der Waals surface area contributed by atoms with Crippen LogP contribution in [0, 0.1) is 0 Å². The third-order valence-electron chi connectivity index (χ3n) is 4.66. The van der Waals surface area contributed by atoms with Gasteiger partial charge in [0, 0.05) is 31.2 Å². The van der Waals surface area contributed by atoms with Crippen molar-refractivity contribution in [3.8, 4) is 0 Å². The van der Waals surface area contributed by atoms with E-state index in [1.54, 1.807) is 0 Å². The van der Waals surface area contributed by atoms with E-state index >= 15 is 0 Å². The molecule has 0 spiro atoms. The molecule has 1 atom stereocenters. The maximum Gasteiger partial charge on any atom is 0.416 e. The van der Waals surface area contributed by atoms with Gasteiger partial charge in [0.2, 0.25) is 0 Å². The van der Waals surface area contributed by atoms with Crippen LogP contribution in [-0.2, 0) is 12.4 Å². The quantitative estimate of drug-likeness (QED) is 0.669. The summed E-state index contributed by atoms with van der Waals surface area (Å²) in [4.78, 5) is 1.84. The molecule has 0 aromatic heterocycles. The van der Waals surface area contributed by atoms with E-state index in [2.05, 4.69) is 5.32 Å². The van der Waals surface area contributed by atoms with Crippen LogP contribution in [0.4, 0.5) is 26.3 Å². The van der Waals surface area contributed by atoms with Gasteiger partial charge >= 0.3 is 12.4 Å². The zero-order valence-corrected chi connectivity index (χ0v) is 15.3. The third-order valence-corrected chi connectivity index (χ3v) is 5.01. The van der Waals surface area contributed by atoms with Crippen LogP contribution in [0.5, 0.6) is 0 Å². The molecule has 2 aromatic rings. The summed E-state index contributed by atoms with van der Waals surface area (Å²) in [5.41, 5.74) is -1.36. The number of piperazine rings is 1. The van der Waals surface area contributed by atoms with Gasteiger partial charge in [0.05, 0.1) is 17.2 Å². The molecule has 152 valence electrons. The molecule has 1 aliphatic rings. The number of hydrogen-bond donors (Lipinski definition) is 1. The Labute approximate surface area is 163 Å². The molecule has 0 amide bonds. The smallest absolute Gasteiger partial charge is 0.314 e. The van der Waals surface area contributed by atoms with Crippen molar-refractivity contribution in [3.63, 3.8) is 0 Å². The van der Waals surface area contributed by atoms with Gasteiger partial charge in [-0.2, -0.15) is 26.3 Å². The zero-order chi connectivity index (χ0) is 20.5. The summed E-state index contributed by atoms with van der Waals surface area (Å²) >= 11 is 6.21. The van der Waals surface area contributed by atoms with Gasteiger partial charge in [-0.3, -0.25) is 4.90 Å². The van der Waals surface area contributed by atoms with E-state index in [1.807, 2.05) is 4.90 Å². The minimum absolute atomic E-state index is 0.0777. The largest absolute Gasteiger partial charge is 0.416 e. The van der Waals surface area contributed by atoms with Crippen molar-refractivity contribution in [1.29, 1.82) is 0 Å². The van der Waals surface area contributed by atoms with Gasteiger partial charge in [0.1, 0.15) is 0 Å². The van der Waals surface area contributed by atoms with Crippen LogP contribution < -0.4 is 5.32 Å². The molecule has 28 heavy (non-hydrogen) atoms. The lowest BCUT2D eigenvalue weighted by Crippen LogP contribution is -2.45. The lowest BCUT2D eigenvalue weighted by molar-refractivity contribution is -0.138. The van der Waals surface area contributed by atoms with E-state index in [9.17, 15) is 26.3 Å². The second kappa shape index (κ2) is 7.93. The van der Waals surface area contributed by atoms with E-state index in [4.69, 9.17) is 11.6 Å². The zero-order valence-electron chi connectivity index (χ0n) is 14.5. The predicted octanol–water partition coefficient (Wildman–Crippen LogP) is 5.37. The number of nitrogens with zero attached hydrogens (tertiary/aromatic N) is 1. The van der Waals surface area contributed by atoms with Gasteiger partial charge in [0.25, 0.3) is 0 Å². The normalized spacial score (nSPS) is 17.5. The molecule has 3 rings (SSSR count). The third kappa shape index (κ3) is 4.61. The first-order valence-corrected chi connectivity index (χ1v) is 8.94. The molecule has 0 bridgehead atoms. The topological polar surface area (TPSA) is 15.3 Å². The summed E-state index contributed by atoms with van der Waals surface area (Å²) in [7, 11) is 0. The minimum atomic E-state index is -4.58. The minimum Gasteiger partial charge on any atom is -0.314 e. The highest BCUT2D eigenvalue weighted by molar-refractivity contribution is 6.31. The Kier molecular flexibility index (Phi) is 5.93. The van der Waals surface area contributed by atoms with Crippen LogP contribution in [0.3, 0.4) is 0 Å². The van der Waals surface area contributed by atoms with E-state index < -0.39 is 29.5 Å². The highest BCUT2D eigenvalue weighted by Crippen LogP contribution is 2.39. The number of alkyl halides is 6. The first-order chi connectivity index (χ1) is 13.1.